The Labute approximate surface area is 198 Å². The topological polar surface area (TPSA) is 84.2 Å². The molecule has 0 saturated carbocycles. The Hall–Kier alpha value is -3.31. The molecule has 0 aromatic heterocycles. The van der Waals surface area contributed by atoms with Crippen LogP contribution in [-0.4, -0.2) is 18.5 Å². The third kappa shape index (κ3) is 4.09. The van der Waals surface area contributed by atoms with Gasteiger partial charge in [0.1, 0.15) is 0 Å². The van der Waals surface area contributed by atoms with Crippen molar-refractivity contribution in [3.63, 3.8) is 0 Å². The molecule has 3 amide bonds. The van der Waals surface area contributed by atoms with Crippen molar-refractivity contribution < 1.29 is 9.59 Å². The van der Waals surface area contributed by atoms with Crippen molar-refractivity contribution in [3.05, 3.63) is 106 Å². The van der Waals surface area contributed by atoms with E-state index in [4.69, 9.17) is 17.3 Å². The van der Waals surface area contributed by atoms with Crippen LogP contribution in [-0.2, 0) is 4.79 Å². The molecule has 3 aromatic carbocycles. The number of primary amides is 1. The molecule has 3 aromatic rings. The van der Waals surface area contributed by atoms with Gasteiger partial charge in [0.05, 0.1) is 12.5 Å². The minimum Gasteiger partial charge on any atom is -0.356 e. The Bertz CT molecular complexity index is 1160. The molecule has 2 atom stereocenters. The highest BCUT2D eigenvalue weighted by Gasteiger charge is 2.42. The van der Waals surface area contributed by atoms with E-state index in [1.807, 2.05) is 6.07 Å². The van der Waals surface area contributed by atoms with E-state index in [1.54, 1.807) is 18.2 Å². The average molecular weight is 460 g/mol. The second kappa shape index (κ2) is 8.91. The van der Waals surface area contributed by atoms with Crippen LogP contribution in [0.2, 0.25) is 5.02 Å². The molecule has 0 fully saturated rings. The summed E-state index contributed by atoms with van der Waals surface area (Å²) in [6.07, 6.45) is 1.08. The zero-order valence-electron chi connectivity index (χ0n) is 18.1. The van der Waals surface area contributed by atoms with Crippen molar-refractivity contribution >= 4 is 23.5 Å². The Kier molecular flexibility index (Phi) is 5.81. The Balaban J connectivity index is 1.32. The molecule has 0 aliphatic heterocycles. The zero-order valence-corrected chi connectivity index (χ0v) is 18.9. The van der Waals surface area contributed by atoms with Gasteiger partial charge < -0.3 is 16.4 Å². The molecule has 3 aliphatic rings. The van der Waals surface area contributed by atoms with Gasteiger partial charge in [0.15, 0.2) is 0 Å². The fourth-order valence-corrected chi connectivity index (χ4v) is 5.90. The molecule has 3 aliphatic carbocycles. The maximum Gasteiger partial charge on any atom is 0.312 e. The smallest absolute Gasteiger partial charge is 0.312 e. The van der Waals surface area contributed by atoms with E-state index in [-0.39, 0.29) is 18.2 Å². The van der Waals surface area contributed by atoms with Gasteiger partial charge in [-0.1, -0.05) is 78.3 Å². The first kappa shape index (κ1) is 21.5. The molecule has 4 N–H and O–H groups in total. The van der Waals surface area contributed by atoms with Crippen LogP contribution in [0.15, 0.2) is 72.8 Å². The van der Waals surface area contributed by atoms with E-state index >= 15 is 0 Å². The first-order valence-corrected chi connectivity index (χ1v) is 11.7. The lowest BCUT2D eigenvalue weighted by Crippen LogP contribution is -2.41. The first-order chi connectivity index (χ1) is 16.0. The third-order valence-electron chi connectivity index (χ3n) is 6.97. The molecular weight excluding hydrogens is 434 g/mol. The first-order valence-electron chi connectivity index (χ1n) is 11.3. The number of amides is 3. The van der Waals surface area contributed by atoms with Crippen LogP contribution in [0.1, 0.15) is 58.5 Å². The number of hydrogen-bond acceptors (Lipinski definition) is 2. The summed E-state index contributed by atoms with van der Waals surface area (Å²) < 4.78 is 0. The molecule has 6 rings (SSSR count). The maximum absolute atomic E-state index is 12.9. The molecule has 6 heteroatoms. The van der Waals surface area contributed by atoms with Crippen molar-refractivity contribution in [1.82, 2.24) is 10.6 Å². The third-order valence-corrected chi connectivity index (χ3v) is 7.32. The summed E-state index contributed by atoms with van der Waals surface area (Å²) in [7, 11) is 0. The number of halogens is 1. The lowest BCUT2D eigenvalue weighted by Gasteiger charge is -2.45. The van der Waals surface area contributed by atoms with Crippen molar-refractivity contribution in [1.29, 1.82) is 0 Å². The summed E-state index contributed by atoms with van der Waals surface area (Å²) in [6, 6.07) is 23.2. The van der Waals surface area contributed by atoms with E-state index in [2.05, 4.69) is 59.2 Å². The highest BCUT2D eigenvalue weighted by molar-refractivity contribution is 6.31. The van der Waals surface area contributed by atoms with Crippen LogP contribution in [0, 0.1) is 5.92 Å². The van der Waals surface area contributed by atoms with Crippen molar-refractivity contribution in [2.75, 3.05) is 6.54 Å². The highest BCUT2D eigenvalue weighted by Crippen LogP contribution is 2.55. The minimum absolute atomic E-state index is 0.0701. The number of fused-ring (bicyclic) bond motifs is 1. The molecule has 0 unspecified atom stereocenters. The van der Waals surface area contributed by atoms with E-state index in [0.29, 0.717) is 29.0 Å². The molecule has 0 radical (unpaired) electrons. The van der Waals surface area contributed by atoms with Crippen LogP contribution in [0.5, 0.6) is 0 Å². The van der Waals surface area contributed by atoms with Gasteiger partial charge >= 0.3 is 6.03 Å². The number of nitrogens with one attached hydrogen (secondary N) is 2. The number of rotatable bonds is 6. The van der Waals surface area contributed by atoms with Crippen molar-refractivity contribution in [3.8, 4) is 0 Å². The number of benzene rings is 3. The van der Waals surface area contributed by atoms with Crippen molar-refractivity contribution in [2.24, 2.45) is 11.7 Å². The number of carbonyl (C=O) groups is 2. The maximum atomic E-state index is 12.9. The van der Waals surface area contributed by atoms with Crippen LogP contribution in [0.25, 0.3) is 0 Å². The summed E-state index contributed by atoms with van der Waals surface area (Å²) in [5.41, 5.74) is 11.6. The molecule has 0 spiro atoms. The lowest BCUT2D eigenvalue weighted by atomic mass is 9.59. The van der Waals surface area contributed by atoms with Gasteiger partial charge in [0, 0.05) is 23.4 Å². The SMILES string of the molecule is NC(=O)N[C@H](CC(=O)NC[C@@H]1CC2c3ccccc3C1c1ccccc12)c1ccccc1Cl. The van der Waals surface area contributed by atoms with Gasteiger partial charge in [-0.2, -0.15) is 0 Å². The van der Waals surface area contributed by atoms with Gasteiger partial charge in [-0.25, -0.2) is 4.79 Å². The monoisotopic (exact) mass is 459 g/mol. The fraction of sp³-hybridized carbons (Fsp3) is 0.259. The van der Waals surface area contributed by atoms with Gasteiger partial charge in [0.25, 0.3) is 0 Å². The van der Waals surface area contributed by atoms with Gasteiger partial charge in [-0.05, 0) is 46.2 Å². The molecular formula is C27H26ClN3O2. The van der Waals surface area contributed by atoms with Crippen LogP contribution >= 0.6 is 11.6 Å². The van der Waals surface area contributed by atoms with Gasteiger partial charge in [-0.15, -0.1) is 0 Å². The summed E-state index contributed by atoms with van der Waals surface area (Å²) in [6.45, 7) is 0.578. The van der Waals surface area contributed by atoms with E-state index in [9.17, 15) is 9.59 Å². The molecule has 0 saturated heterocycles. The van der Waals surface area contributed by atoms with Crippen LogP contribution in [0.3, 0.4) is 0 Å². The molecule has 33 heavy (non-hydrogen) atoms. The number of nitrogens with two attached hydrogens (primary N) is 1. The Morgan fingerprint density at radius 3 is 2.09 bits per heavy atom. The molecule has 5 nitrogen and oxygen atoms in total. The summed E-state index contributed by atoms with van der Waals surface area (Å²) in [4.78, 5) is 24.5. The summed E-state index contributed by atoms with van der Waals surface area (Å²) in [5, 5.41) is 6.26. The fourth-order valence-electron chi connectivity index (χ4n) is 5.63. The number of urea groups is 1. The van der Waals surface area contributed by atoms with Gasteiger partial charge in [-0.3, -0.25) is 4.79 Å². The Morgan fingerprint density at radius 1 is 0.909 bits per heavy atom. The van der Waals surface area contributed by atoms with Crippen molar-refractivity contribution in [2.45, 2.75) is 30.7 Å². The lowest BCUT2D eigenvalue weighted by molar-refractivity contribution is -0.121. The number of hydrogen-bond donors (Lipinski definition) is 3. The van der Waals surface area contributed by atoms with E-state index in [1.165, 1.54) is 22.3 Å². The van der Waals surface area contributed by atoms with Crippen LogP contribution < -0.4 is 16.4 Å². The minimum atomic E-state index is -0.689. The van der Waals surface area contributed by atoms with E-state index < -0.39 is 12.1 Å². The molecule has 0 heterocycles. The normalized spacial score (nSPS) is 20.9. The molecule has 2 bridgehead atoms. The Morgan fingerprint density at radius 2 is 1.48 bits per heavy atom. The predicted molar refractivity (Wildman–Crippen MR) is 129 cm³/mol. The van der Waals surface area contributed by atoms with Gasteiger partial charge in [0.2, 0.25) is 5.91 Å². The standard InChI is InChI=1S/C27H26ClN3O2/c28-23-12-6-5-11-21(23)24(31-27(29)33)14-25(32)30-15-16-13-22-17-7-1-3-9-19(17)26(16)20-10-4-2-8-18(20)22/h1-12,16,22,24,26H,13-15H2,(H,30,32)(H3,29,31,33)/t16-,22?,24+,26?/m0/s1. The predicted octanol–water partition coefficient (Wildman–Crippen LogP) is 4.85. The number of carbonyl (C=O) groups excluding carboxylic acids is 2. The largest absolute Gasteiger partial charge is 0.356 e. The van der Waals surface area contributed by atoms with E-state index in [0.717, 1.165) is 6.42 Å². The zero-order chi connectivity index (χ0) is 22.9. The summed E-state index contributed by atoms with van der Waals surface area (Å²) >= 11 is 6.30. The highest BCUT2D eigenvalue weighted by atomic mass is 35.5. The molecule has 168 valence electrons. The average Bonchev–Trinajstić information content (AvgIpc) is 2.82. The second-order valence-corrected chi connectivity index (χ2v) is 9.28. The quantitative estimate of drug-likeness (QED) is 0.492. The summed E-state index contributed by atoms with van der Waals surface area (Å²) in [5.74, 6) is 0.797. The van der Waals surface area contributed by atoms with Crippen LogP contribution in [0.4, 0.5) is 4.79 Å². The second-order valence-electron chi connectivity index (χ2n) is 8.87.